The number of rotatable bonds is 6. The van der Waals surface area contributed by atoms with E-state index in [4.69, 9.17) is 4.74 Å². The molecule has 2 aromatic rings. The summed E-state index contributed by atoms with van der Waals surface area (Å²) in [4.78, 5) is 18.0. The highest BCUT2D eigenvalue weighted by atomic mass is 16.5. The second kappa shape index (κ2) is 7.40. The van der Waals surface area contributed by atoms with Gasteiger partial charge < -0.3 is 15.0 Å². The van der Waals surface area contributed by atoms with E-state index >= 15 is 0 Å². The minimum atomic E-state index is -0.122. The van der Waals surface area contributed by atoms with E-state index in [-0.39, 0.29) is 5.91 Å². The predicted molar refractivity (Wildman–Crippen MR) is 81.6 cm³/mol. The molecule has 0 bridgehead atoms. The highest BCUT2D eigenvalue weighted by molar-refractivity contribution is 5.92. The molecule has 0 fully saturated rings. The number of aromatic nitrogens is 1. The first kappa shape index (κ1) is 15.0. The van der Waals surface area contributed by atoms with Crippen LogP contribution in [-0.2, 0) is 0 Å². The van der Waals surface area contributed by atoms with E-state index < -0.39 is 0 Å². The number of hydrogen-bond acceptors (Lipinski definition) is 4. The van der Waals surface area contributed by atoms with Gasteiger partial charge in [-0.2, -0.15) is 0 Å². The lowest BCUT2D eigenvalue weighted by Crippen LogP contribution is -2.33. The highest BCUT2D eigenvalue weighted by Gasteiger charge is 2.13. The van der Waals surface area contributed by atoms with Crippen LogP contribution >= 0.6 is 0 Å². The summed E-state index contributed by atoms with van der Waals surface area (Å²) in [6.07, 6.45) is 1.58. The molecule has 110 valence electrons. The number of likely N-dealkylation sites (N-methyl/N-ethyl adjacent to an activating group) is 2. The average Bonchev–Trinajstić information content (AvgIpc) is 2.53. The molecule has 2 rings (SSSR count). The van der Waals surface area contributed by atoms with Gasteiger partial charge in [-0.3, -0.25) is 9.78 Å². The van der Waals surface area contributed by atoms with Gasteiger partial charge in [-0.25, -0.2) is 0 Å². The van der Waals surface area contributed by atoms with Gasteiger partial charge in [0.2, 0.25) is 0 Å². The molecule has 1 amide bonds. The van der Waals surface area contributed by atoms with Gasteiger partial charge in [0.1, 0.15) is 17.2 Å². The molecule has 5 nitrogen and oxygen atoms in total. The van der Waals surface area contributed by atoms with Crippen LogP contribution in [0, 0.1) is 0 Å². The van der Waals surface area contributed by atoms with Crippen molar-refractivity contribution >= 4 is 5.91 Å². The molecule has 0 aliphatic rings. The summed E-state index contributed by atoms with van der Waals surface area (Å²) in [5.41, 5.74) is 0.377. The summed E-state index contributed by atoms with van der Waals surface area (Å²) in [6, 6.07) is 12.8. The van der Waals surface area contributed by atoms with Crippen molar-refractivity contribution in [2.75, 3.05) is 27.2 Å². The second-order valence-electron chi connectivity index (χ2n) is 4.62. The third-order valence-electron chi connectivity index (χ3n) is 2.97. The van der Waals surface area contributed by atoms with Crippen LogP contribution in [0.4, 0.5) is 0 Å². The highest BCUT2D eigenvalue weighted by Crippen LogP contribution is 2.21. The van der Waals surface area contributed by atoms with E-state index in [1.165, 1.54) is 0 Å². The lowest BCUT2D eigenvalue weighted by atomic mass is 10.3. The molecule has 0 unspecified atom stereocenters. The van der Waals surface area contributed by atoms with E-state index in [9.17, 15) is 4.79 Å². The van der Waals surface area contributed by atoms with Crippen molar-refractivity contribution in [1.82, 2.24) is 15.2 Å². The van der Waals surface area contributed by atoms with E-state index in [0.29, 0.717) is 18.0 Å². The minimum Gasteiger partial charge on any atom is -0.457 e. The topological polar surface area (TPSA) is 54.5 Å². The molecule has 0 saturated heterocycles. The quantitative estimate of drug-likeness (QED) is 0.883. The Kier molecular flexibility index (Phi) is 5.29. The summed E-state index contributed by atoms with van der Waals surface area (Å²) in [5.74, 6) is 1.20. The van der Waals surface area contributed by atoms with Crippen molar-refractivity contribution in [2.45, 2.75) is 0 Å². The van der Waals surface area contributed by atoms with Gasteiger partial charge in [0.25, 0.3) is 5.91 Å². The summed E-state index contributed by atoms with van der Waals surface area (Å²) >= 11 is 0. The molecule has 5 heteroatoms. The summed E-state index contributed by atoms with van der Waals surface area (Å²) in [7, 11) is 3.61. The number of amides is 1. The molecule has 0 aliphatic carbocycles. The number of ether oxygens (including phenoxy) is 1. The van der Waals surface area contributed by atoms with E-state index in [2.05, 4.69) is 10.3 Å². The third kappa shape index (κ3) is 4.29. The van der Waals surface area contributed by atoms with Gasteiger partial charge in [-0.1, -0.05) is 18.2 Å². The number of nitrogens with one attached hydrogen (secondary N) is 1. The molecule has 0 spiro atoms. The molecular formula is C16H19N3O2. The van der Waals surface area contributed by atoms with Gasteiger partial charge in [0, 0.05) is 32.4 Å². The van der Waals surface area contributed by atoms with E-state index in [0.717, 1.165) is 12.3 Å². The van der Waals surface area contributed by atoms with E-state index in [1.54, 1.807) is 30.3 Å². The van der Waals surface area contributed by atoms with Crippen LogP contribution in [0.25, 0.3) is 0 Å². The number of hydrogen-bond donors (Lipinski definition) is 1. The first-order valence-electron chi connectivity index (χ1n) is 6.79. The number of nitrogens with zero attached hydrogens (tertiary/aromatic N) is 2. The maximum absolute atomic E-state index is 12.2. The van der Waals surface area contributed by atoms with Crippen molar-refractivity contribution in [3.63, 3.8) is 0 Å². The van der Waals surface area contributed by atoms with Crippen molar-refractivity contribution in [3.05, 3.63) is 54.4 Å². The zero-order chi connectivity index (χ0) is 15.1. The van der Waals surface area contributed by atoms with Crippen LogP contribution in [-0.4, -0.2) is 43.0 Å². The zero-order valence-electron chi connectivity index (χ0n) is 12.2. The van der Waals surface area contributed by atoms with E-state index in [1.807, 2.05) is 37.4 Å². The fourth-order valence-electron chi connectivity index (χ4n) is 1.79. The molecule has 1 aromatic heterocycles. The Morgan fingerprint density at radius 1 is 1.24 bits per heavy atom. The van der Waals surface area contributed by atoms with Crippen molar-refractivity contribution in [2.24, 2.45) is 0 Å². The standard InChI is InChI=1S/C16H19N3O2/c1-17-10-11-19(2)16(20)15-12-14(8-9-18-15)21-13-6-4-3-5-7-13/h3-9,12,17H,10-11H2,1-2H3. The molecule has 0 aliphatic heterocycles. The van der Waals surface area contributed by atoms with Gasteiger partial charge >= 0.3 is 0 Å². The fourth-order valence-corrected chi connectivity index (χ4v) is 1.79. The maximum atomic E-state index is 12.2. The molecule has 0 radical (unpaired) electrons. The van der Waals surface area contributed by atoms with Crippen LogP contribution < -0.4 is 10.1 Å². The number of pyridine rings is 1. The summed E-state index contributed by atoms with van der Waals surface area (Å²) < 4.78 is 5.71. The molecule has 1 aromatic carbocycles. The normalized spacial score (nSPS) is 10.2. The molecule has 0 atom stereocenters. The van der Waals surface area contributed by atoms with Gasteiger partial charge in [-0.05, 0) is 25.2 Å². The molecular weight excluding hydrogens is 266 g/mol. The molecule has 1 heterocycles. The van der Waals surface area contributed by atoms with Crippen molar-refractivity contribution in [1.29, 1.82) is 0 Å². The molecule has 0 saturated carbocycles. The maximum Gasteiger partial charge on any atom is 0.272 e. The van der Waals surface area contributed by atoms with Gasteiger partial charge in [0.05, 0.1) is 0 Å². The smallest absolute Gasteiger partial charge is 0.272 e. The number of para-hydroxylation sites is 1. The SMILES string of the molecule is CNCCN(C)C(=O)c1cc(Oc2ccccc2)ccn1. The molecule has 1 N–H and O–H groups in total. The lowest BCUT2D eigenvalue weighted by Gasteiger charge is -2.16. The Morgan fingerprint density at radius 2 is 2.00 bits per heavy atom. The van der Waals surface area contributed by atoms with Crippen molar-refractivity contribution < 1.29 is 9.53 Å². The predicted octanol–water partition coefficient (Wildman–Crippen LogP) is 2.17. The van der Waals surface area contributed by atoms with Crippen LogP contribution in [0.2, 0.25) is 0 Å². The zero-order valence-corrected chi connectivity index (χ0v) is 12.2. The number of carbonyl (C=O) groups excluding carboxylic acids is 1. The number of benzene rings is 1. The fraction of sp³-hybridized carbons (Fsp3) is 0.250. The average molecular weight is 285 g/mol. The first-order valence-corrected chi connectivity index (χ1v) is 6.79. The summed E-state index contributed by atoms with van der Waals surface area (Å²) in [6.45, 7) is 1.36. The monoisotopic (exact) mass is 285 g/mol. The molecule has 21 heavy (non-hydrogen) atoms. The largest absolute Gasteiger partial charge is 0.457 e. The first-order chi connectivity index (χ1) is 10.2. The Hall–Kier alpha value is -2.40. The summed E-state index contributed by atoms with van der Waals surface area (Å²) in [5, 5.41) is 3.01. The Labute approximate surface area is 124 Å². The van der Waals surface area contributed by atoms with Crippen LogP contribution in [0.1, 0.15) is 10.5 Å². The van der Waals surface area contributed by atoms with Crippen LogP contribution in [0.15, 0.2) is 48.7 Å². The Bertz CT molecular complexity index is 587. The minimum absolute atomic E-state index is 0.122. The third-order valence-corrected chi connectivity index (χ3v) is 2.97. The van der Waals surface area contributed by atoms with Gasteiger partial charge in [0.15, 0.2) is 0 Å². The van der Waals surface area contributed by atoms with Crippen LogP contribution in [0.5, 0.6) is 11.5 Å². The Morgan fingerprint density at radius 3 is 2.71 bits per heavy atom. The Balaban J connectivity index is 2.08. The van der Waals surface area contributed by atoms with Crippen molar-refractivity contribution in [3.8, 4) is 11.5 Å². The van der Waals surface area contributed by atoms with Crippen LogP contribution in [0.3, 0.4) is 0 Å². The van der Waals surface area contributed by atoms with Gasteiger partial charge in [-0.15, -0.1) is 0 Å². The lowest BCUT2D eigenvalue weighted by molar-refractivity contribution is 0.0790. The number of carbonyl (C=O) groups is 1. The second-order valence-corrected chi connectivity index (χ2v) is 4.62.